The first-order valence-corrected chi connectivity index (χ1v) is 7.10. The Morgan fingerprint density at radius 1 is 1.38 bits per heavy atom. The Morgan fingerprint density at radius 3 is 2.86 bits per heavy atom. The van der Waals surface area contributed by atoms with E-state index in [9.17, 15) is 9.59 Å². The minimum atomic E-state index is -0.288. The molecule has 1 saturated heterocycles. The number of nitrogens with one attached hydrogen (secondary N) is 1. The number of para-hydroxylation sites is 1. The van der Waals surface area contributed by atoms with Gasteiger partial charge in [-0.2, -0.15) is 0 Å². The van der Waals surface area contributed by atoms with E-state index in [4.69, 9.17) is 4.74 Å². The third-order valence-corrected chi connectivity index (χ3v) is 4.15. The van der Waals surface area contributed by atoms with E-state index in [1.807, 2.05) is 0 Å². The summed E-state index contributed by atoms with van der Waals surface area (Å²) in [6, 6.07) is 5.27. The van der Waals surface area contributed by atoms with Crippen molar-refractivity contribution in [1.29, 1.82) is 0 Å². The van der Waals surface area contributed by atoms with Crippen molar-refractivity contribution in [3.63, 3.8) is 0 Å². The van der Waals surface area contributed by atoms with E-state index in [2.05, 4.69) is 5.32 Å². The number of hydrogen-bond acceptors (Lipinski definition) is 4. The molecule has 1 atom stereocenters. The van der Waals surface area contributed by atoms with Crippen LogP contribution in [0, 0.1) is 5.92 Å². The number of rotatable bonds is 3. The van der Waals surface area contributed by atoms with Crippen LogP contribution in [0.5, 0.6) is 5.75 Å². The second-order valence-electron chi connectivity index (χ2n) is 5.47. The minimum absolute atomic E-state index is 0.237. The summed E-state index contributed by atoms with van der Waals surface area (Å²) in [4.78, 5) is 25.1. The lowest BCUT2D eigenvalue weighted by Gasteiger charge is -2.15. The van der Waals surface area contributed by atoms with E-state index in [1.54, 1.807) is 25.2 Å². The quantitative estimate of drug-likeness (QED) is 0.884. The van der Waals surface area contributed by atoms with Gasteiger partial charge in [0.1, 0.15) is 11.3 Å². The Morgan fingerprint density at radius 2 is 2.19 bits per heavy atom. The predicted octanol–water partition coefficient (Wildman–Crippen LogP) is 0.318. The van der Waals surface area contributed by atoms with E-state index in [0.717, 1.165) is 19.5 Å². The molecular formula is C15H19N3O3. The molecule has 21 heavy (non-hydrogen) atoms. The monoisotopic (exact) mass is 289 g/mol. The summed E-state index contributed by atoms with van der Waals surface area (Å²) in [5, 5.41) is 3.77. The van der Waals surface area contributed by atoms with Crippen LogP contribution in [-0.2, 0) is 13.6 Å². The number of ether oxygens (including phenoxy) is 1. The van der Waals surface area contributed by atoms with Gasteiger partial charge in [-0.3, -0.25) is 13.9 Å². The molecule has 0 amide bonds. The molecular weight excluding hydrogens is 270 g/mol. The van der Waals surface area contributed by atoms with Gasteiger partial charge in [0, 0.05) is 13.6 Å². The maximum absolute atomic E-state index is 12.6. The molecule has 1 aromatic carbocycles. The van der Waals surface area contributed by atoms with Crippen LogP contribution in [-0.4, -0.2) is 29.3 Å². The van der Waals surface area contributed by atoms with Crippen LogP contribution in [0.4, 0.5) is 0 Å². The van der Waals surface area contributed by atoms with Gasteiger partial charge < -0.3 is 10.1 Å². The Labute approximate surface area is 122 Å². The van der Waals surface area contributed by atoms with E-state index in [-0.39, 0.29) is 11.2 Å². The van der Waals surface area contributed by atoms with Crippen molar-refractivity contribution in [3.05, 3.63) is 39.0 Å². The number of fused-ring (bicyclic) bond motifs is 1. The Bertz CT molecular complexity index is 785. The maximum Gasteiger partial charge on any atom is 0.331 e. The summed E-state index contributed by atoms with van der Waals surface area (Å²) in [7, 11) is 3.21. The largest absolute Gasteiger partial charge is 0.495 e. The molecule has 1 unspecified atom stereocenters. The summed E-state index contributed by atoms with van der Waals surface area (Å²) in [5.41, 5.74) is 0.0265. The van der Waals surface area contributed by atoms with Gasteiger partial charge in [-0.25, -0.2) is 4.79 Å². The molecule has 112 valence electrons. The van der Waals surface area contributed by atoms with Crippen molar-refractivity contribution in [2.75, 3.05) is 20.2 Å². The third-order valence-electron chi connectivity index (χ3n) is 4.15. The van der Waals surface area contributed by atoms with Crippen molar-refractivity contribution in [2.24, 2.45) is 13.0 Å². The third kappa shape index (κ3) is 2.25. The number of nitrogens with zero attached hydrogens (tertiary/aromatic N) is 2. The lowest BCUT2D eigenvalue weighted by molar-refractivity contribution is 0.415. The van der Waals surface area contributed by atoms with Gasteiger partial charge in [-0.05, 0) is 37.6 Å². The minimum Gasteiger partial charge on any atom is -0.495 e. The molecule has 1 aliphatic heterocycles. The number of aromatic nitrogens is 2. The summed E-state index contributed by atoms with van der Waals surface area (Å²) in [6.07, 6.45) is 0.992. The molecule has 6 nitrogen and oxygen atoms in total. The van der Waals surface area contributed by atoms with Gasteiger partial charge >= 0.3 is 5.69 Å². The standard InChI is InChI=1S/C15H19N3O3/c1-17-13-11(4-3-5-12(13)21-2)14(19)18(15(17)20)9-10-6-7-16-8-10/h3-5,10,16H,6-9H2,1-2H3. The first-order valence-electron chi connectivity index (χ1n) is 7.10. The maximum atomic E-state index is 12.6. The zero-order chi connectivity index (χ0) is 15.0. The van der Waals surface area contributed by atoms with E-state index < -0.39 is 0 Å². The molecule has 3 rings (SSSR count). The molecule has 0 spiro atoms. The van der Waals surface area contributed by atoms with Crippen molar-refractivity contribution in [3.8, 4) is 5.75 Å². The van der Waals surface area contributed by atoms with Crippen LogP contribution in [0.2, 0.25) is 0 Å². The first kappa shape index (κ1) is 13.9. The molecule has 1 fully saturated rings. The molecule has 0 aliphatic carbocycles. The molecule has 1 N–H and O–H groups in total. The van der Waals surface area contributed by atoms with Gasteiger partial charge in [0.15, 0.2) is 0 Å². The normalized spacial score (nSPS) is 18.3. The van der Waals surface area contributed by atoms with Crippen LogP contribution in [0.15, 0.2) is 27.8 Å². The lowest BCUT2D eigenvalue weighted by atomic mass is 10.1. The van der Waals surface area contributed by atoms with Crippen molar-refractivity contribution in [1.82, 2.24) is 14.5 Å². The number of aryl methyl sites for hydroxylation is 1. The van der Waals surface area contributed by atoms with Crippen LogP contribution in [0.3, 0.4) is 0 Å². The molecule has 1 aromatic heterocycles. The fourth-order valence-corrected chi connectivity index (χ4v) is 3.00. The number of benzene rings is 1. The van der Waals surface area contributed by atoms with Crippen LogP contribution in [0.1, 0.15) is 6.42 Å². The van der Waals surface area contributed by atoms with Crippen LogP contribution in [0.25, 0.3) is 10.9 Å². The molecule has 2 heterocycles. The lowest BCUT2D eigenvalue weighted by Crippen LogP contribution is -2.41. The smallest absolute Gasteiger partial charge is 0.331 e. The second-order valence-corrected chi connectivity index (χ2v) is 5.47. The van der Waals surface area contributed by atoms with Crippen molar-refractivity contribution < 1.29 is 4.74 Å². The predicted molar refractivity (Wildman–Crippen MR) is 81.0 cm³/mol. The van der Waals surface area contributed by atoms with E-state index in [0.29, 0.717) is 29.1 Å². The summed E-state index contributed by atoms with van der Waals surface area (Å²) < 4.78 is 8.12. The number of methoxy groups -OCH3 is 1. The average Bonchev–Trinajstić information content (AvgIpc) is 3.01. The van der Waals surface area contributed by atoms with Gasteiger partial charge in [0.25, 0.3) is 5.56 Å². The molecule has 0 bridgehead atoms. The fraction of sp³-hybridized carbons (Fsp3) is 0.467. The Balaban J connectivity index is 2.23. The average molecular weight is 289 g/mol. The molecule has 0 saturated carbocycles. The van der Waals surface area contributed by atoms with Crippen LogP contribution >= 0.6 is 0 Å². The zero-order valence-electron chi connectivity index (χ0n) is 12.3. The van der Waals surface area contributed by atoms with Crippen molar-refractivity contribution >= 4 is 10.9 Å². The SMILES string of the molecule is COc1cccc2c(=O)n(CC3CCNC3)c(=O)n(C)c12. The fourth-order valence-electron chi connectivity index (χ4n) is 3.00. The second kappa shape index (κ2) is 5.37. The topological polar surface area (TPSA) is 65.3 Å². The molecule has 2 aromatic rings. The Kier molecular flexibility index (Phi) is 3.55. The highest BCUT2D eigenvalue weighted by Gasteiger charge is 2.19. The van der Waals surface area contributed by atoms with Crippen LogP contribution < -0.4 is 21.3 Å². The summed E-state index contributed by atoms with van der Waals surface area (Å²) in [6.45, 7) is 2.26. The molecule has 0 radical (unpaired) electrons. The first-order chi connectivity index (χ1) is 10.1. The van der Waals surface area contributed by atoms with Gasteiger partial charge in [0.05, 0.1) is 12.5 Å². The molecule has 6 heteroatoms. The number of hydrogen-bond donors (Lipinski definition) is 1. The van der Waals surface area contributed by atoms with Gasteiger partial charge in [-0.1, -0.05) is 6.07 Å². The van der Waals surface area contributed by atoms with Gasteiger partial charge in [-0.15, -0.1) is 0 Å². The highest BCUT2D eigenvalue weighted by molar-refractivity contribution is 5.84. The summed E-state index contributed by atoms with van der Waals surface area (Å²) in [5.74, 6) is 0.873. The van der Waals surface area contributed by atoms with E-state index in [1.165, 1.54) is 16.2 Å². The van der Waals surface area contributed by atoms with Gasteiger partial charge in [0.2, 0.25) is 0 Å². The van der Waals surface area contributed by atoms with E-state index >= 15 is 0 Å². The van der Waals surface area contributed by atoms with Crippen molar-refractivity contribution in [2.45, 2.75) is 13.0 Å². The molecule has 1 aliphatic rings. The Hall–Kier alpha value is -2.08. The zero-order valence-corrected chi connectivity index (χ0v) is 12.3. The summed E-state index contributed by atoms with van der Waals surface area (Å²) >= 11 is 0. The highest BCUT2D eigenvalue weighted by Crippen LogP contribution is 2.21. The highest BCUT2D eigenvalue weighted by atomic mass is 16.5.